The highest BCUT2D eigenvalue weighted by Crippen LogP contribution is 2.18. The summed E-state index contributed by atoms with van der Waals surface area (Å²) in [6.45, 7) is 2.55. The molecule has 1 aromatic heterocycles. The molecule has 1 aliphatic rings. The van der Waals surface area contributed by atoms with E-state index in [1.807, 2.05) is 6.92 Å². The van der Waals surface area contributed by atoms with Crippen molar-refractivity contribution in [3.8, 4) is 5.75 Å². The van der Waals surface area contributed by atoms with E-state index in [1.54, 1.807) is 36.4 Å². The SMILES string of the molecule is CCOc1ccc(NC(=O)CCC2NC(=O)N(Cc3ccco3)C2=O)cc1. The molecule has 1 aromatic carbocycles. The predicted octanol–water partition coefficient (Wildman–Crippen LogP) is 2.52. The average Bonchev–Trinajstić information content (AvgIpc) is 3.26. The number of nitrogens with one attached hydrogen (secondary N) is 2. The van der Waals surface area contributed by atoms with Crippen molar-refractivity contribution in [2.45, 2.75) is 32.4 Å². The van der Waals surface area contributed by atoms with Crippen molar-refractivity contribution in [3.63, 3.8) is 0 Å². The molecule has 0 radical (unpaired) electrons. The lowest BCUT2D eigenvalue weighted by Crippen LogP contribution is -2.31. The van der Waals surface area contributed by atoms with Gasteiger partial charge in [0, 0.05) is 12.1 Å². The molecule has 8 heteroatoms. The standard InChI is InChI=1S/C19H21N3O5/c1-2-26-14-7-5-13(6-8-14)20-17(23)10-9-16-18(24)22(19(25)21-16)12-15-4-3-11-27-15/h3-8,11,16H,2,9-10,12H2,1H3,(H,20,23)(H,21,25). The van der Waals surface area contributed by atoms with Gasteiger partial charge in [0.2, 0.25) is 5.91 Å². The lowest BCUT2D eigenvalue weighted by atomic mass is 10.1. The zero-order valence-electron chi connectivity index (χ0n) is 14.9. The van der Waals surface area contributed by atoms with Gasteiger partial charge in [0.15, 0.2) is 0 Å². The first-order valence-electron chi connectivity index (χ1n) is 8.73. The highest BCUT2D eigenvalue weighted by Gasteiger charge is 2.38. The van der Waals surface area contributed by atoms with Gasteiger partial charge in [0.1, 0.15) is 17.6 Å². The lowest BCUT2D eigenvalue weighted by Gasteiger charge is -2.11. The van der Waals surface area contributed by atoms with Gasteiger partial charge in [-0.3, -0.25) is 14.5 Å². The Morgan fingerprint density at radius 3 is 2.70 bits per heavy atom. The Morgan fingerprint density at radius 1 is 1.26 bits per heavy atom. The van der Waals surface area contributed by atoms with Crippen molar-refractivity contribution in [1.29, 1.82) is 0 Å². The maximum atomic E-state index is 12.4. The number of imide groups is 1. The van der Waals surface area contributed by atoms with E-state index in [4.69, 9.17) is 9.15 Å². The molecular weight excluding hydrogens is 350 g/mol. The second-order valence-electron chi connectivity index (χ2n) is 6.05. The molecule has 4 amide bonds. The van der Waals surface area contributed by atoms with Crippen molar-refractivity contribution >= 4 is 23.5 Å². The summed E-state index contributed by atoms with van der Waals surface area (Å²) in [6, 6.07) is 9.23. The Labute approximate surface area is 156 Å². The fourth-order valence-corrected chi connectivity index (χ4v) is 2.78. The largest absolute Gasteiger partial charge is 0.494 e. The number of rotatable bonds is 8. The van der Waals surface area contributed by atoms with Crippen LogP contribution in [0.4, 0.5) is 10.5 Å². The van der Waals surface area contributed by atoms with Crippen molar-refractivity contribution in [2.24, 2.45) is 0 Å². The number of urea groups is 1. The third-order valence-electron chi connectivity index (χ3n) is 4.11. The molecule has 1 saturated heterocycles. The molecule has 1 atom stereocenters. The van der Waals surface area contributed by atoms with Gasteiger partial charge >= 0.3 is 6.03 Å². The summed E-state index contributed by atoms with van der Waals surface area (Å²) in [5, 5.41) is 5.37. The van der Waals surface area contributed by atoms with Crippen LogP contribution in [-0.2, 0) is 16.1 Å². The van der Waals surface area contributed by atoms with Crippen molar-refractivity contribution < 1.29 is 23.5 Å². The third kappa shape index (κ3) is 4.66. The van der Waals surface area contributed by atoms with Gasteiger partial charge in [-0.15, -0.1) is 0 Å². The Kier molecular flexibility index (Phi) is 5.75. The van der Waals surface area contributed by atoms with Crippen LogP contribution >= 0.6 is 0 Å². The fourth-order valence-electron chi connectivity index (χ4n) is 2.78. The molecular formula is C19H21N3O5. The minimum absolute atomic E-state index is 0.0759. The number of hydrogen-bond donors (Lipinski definition) is 2. The van der Waals surface area contributed by atoms with E-state index in [0.717, 1.165) is 10.6 Å². The first-order chi connectivity index (χ1) is 13.1. The average molecular weight is 371 g/mol. The van der Waals surface area contributed by atoms with Crippen LogP contribution in [0.3, 0.4) is 0 Å². The van der Waals surface area contributed by atoms with E-state index >= 15 is 0 Å². The van der Waals surface area contributed by atoms with Crippen LogP contribution in [0, 0.1) is 0 Å². The number of benzene rings is 1. The van der Waals surface area contributed by atoms with Gasteiger partial charge in [-0.1, -0.05) is 0 Å². The number of hydrogen-bond acceptors (Lipinski definition) is 5. The molecule has 2 N–H and O–H groups in total. The Balaban J connectivity index is 1.48. The second-order valence-corrected chi connectivity index (χ2v) is 6.05. The summed E-state index contributed by atoms with van der Waals surface area (Å²) in [6.07, 6.45) is 1.82. The van der Waals surface area contributed by atoms with Gasteiger partial charge in [0.05, 0.1) is 19.4 Å². The third-order valence-corrected chi connectivity index (χ3v) is 4.11. The van der Waals surface area contributed by atoms with E-state index in [9.17, 15) is 14.4 Å². The molecule has 3 rings (SSSR count). The topological polar surface area (TPSA) is 101 Å². The number of anilines is 1. The summed E-state index contributed by atoms with van der Waals surface area (Å²) in [4.78, 5) is 37.6. The Hall–Kier alpha value is -3.29. The monoisotopic (exact) mass is 371 g/mol. The number of amides is 4. The van der Waals surface area contributed by atoms with Gasteiger partial charge in [0.25, 0.3) is 5.91 Å². The quantitative estimate of drug-likeness (QED) is 0.695. The number of carbonyl (C=O) groups excluding carboxylic acids is 3. The highest BCUT2D eigenvalue weighted by atomic mass is 16.5. The maximum Gasteiger partial charge on any atom is 0.325 e. The molecule has 0 aliphatic carbocycles. The molecule has 8 nitrogen and oxygen atoms in total. The highest BCUT2D eigenvalue weighted by molar-refractivity contribution is 6.04. The van der Waals surface area contributed by atoms with Gasteiger partial charge in [-0.25, -0.2) is 4.79 Å². The molecule has 2 heterocycles. The second kappa shape index (κ2) is 8.39. The Morgan fingerprint density at radius 2 is 2.04 bits per heavy atom. The number of ether oxygens (including phenoxy) is 1. The summed E-state index contributed by atoms with van der Waals surface area (Å²) in [7, 11) is 0. The van der Waals surface area contributed by atoms with E-state index in [0.29, 0.717) is 18.1 Å². The van der Waals surface area contributed by atoms with Crippen LogP contribution in [-0.4, -0.2) is 35.4 Å². The number of carbonyl (C=O) groups is 3. The lowest BCUT2D eigenvalue weighted by molar-refractivity contribution is -0.128. The van der Waals surface area contributed by atoms with Crippen LogP contribution < -0.4 is 15.4 Å². The van der Waals surface area contributed by atoms with Gasteiger partial charge in [-0.05, 0) is 49.7 Å². The minimum Gasteiger partial charge on any atom is -0.494 e. The molecule has 2 aromatic rings. The van der Waals surface area contributed by atoms with Gasteiger partial charge in [-0.2, -0.15) is 0 Å². The Bertz CT molecular complexity index is 801. The molecule has 27 heavy (non-hydrogen) atoms. The van der Waals surface area contributed by atoms with Crippen LogP contribution in [0.2, 0.25) is 0 Å². The maximum absolute atomic E-state index is 12.4. The molecule has 0 bridgehead atoms. The first-order valence-corrected chi connectivity index (χ1v) is 8.73. The molecule has 1 aliphatic heterocycles. The van der Waals surface area contributed by atoms with Crippen LogP contribution in [0.5, 0.6) is 5.75 Å². The summed E-state index contributed by atoms with van der Waals surface area (Å²) < 4.78 is 10.5. The van der Waals surface area contributed by atoms with Crippen molar-refractivity contribution in [2.75, 3.05) is 11.9 Å². The van der Waals surface area contributed by atoms with E-state index < -0.39 is 12.1 Å². The smallest absolute Gasteiger partial charge is 0.325 e. The zero-order valence-corrected chi connectivity index (χ0v) is 14.9. The molecule has 142 valence electrons. The van der Waals surface area contributed by atoms with Crippen molar-refractivity contribution in [3.05, 3.63) is 48.4 Å². The van der Waals surface area contributed by atoms with Crippen molar-refractivity contribution in [1.82, 2.24) is 10.2 Å². The number of nitrogens with zero attached hydrogens (tertiary/aromatic N) is 1. The summed E-state index contributed by atoms with van der Waals surface area (Å²) >= 11 is 0. The first kappa shape index (κ1) is 18.5. The van der Waals surface area contributed by atoms with Gasteiger partial charge < -0.3 is 19.8 Å². The molecule has 0 saturated carbocycles. The minimum atomic E-state index is -0.710. The van der Waals surface area contributed by atoms with Crippen LogP contribution in [0.15, 0.2) is 47.1 Å². The van der Waals surface area contributed by atoms with Crippen LogP contribution in [0.25, 0.3) is 0 Å². The summed E-state index contributed by atoms with van der Waals surface area (Å²) in [5.74, 6) is 0.662. The summed E-state index contributed by atoms with van der Waals surface area (Å²) in [5.41, 5.74) is 0.643. The molecule has 1 unspecified atom stereocenters. The van der Waals surface area contributed by atoms with E-state index in [2.05, 4.69) is 10.6 Å². The van der Waals surface area contributed by atoms with Crippen LogP contribution in [0.1, 0.15) is 25.5 Å². The fraction of sp³-hybridized carbons (Fsp3) is 0.316. The molecule has 0 spiro atoms. The molecule has 1 fully saturated rings. The van der Waals surface area contributed by atoms with E-state index in [1.165, 1.54) is 6.26 Å². The van der Waals surface area contributed by atoms with E-state index in [-0.39, 0.29) is 31.2 Å². The normalized spacial score (nSPS) is 16.3. The zero-order chi connectivity index (χ0) is 19.2. The predicted molar refractivity (Wildman–Crippen MR) is 97.1 cm³/mol. The number of furan rings is 1.